The minimum atomic E-state index is -4.16. The Hall–Kier alpha value is -4.27. The number of anilines is 1. The number of amides is 2. The molecule has 0 spiro atoms. The second-order valence-electron chi connectivity index (χ2n) is 5.62. The summed E-state index contributed by atoms with van der Waals surface area (Å²) in [5.74, 6) is -1.09. The molecule has 2 aromatic carbocycles. The Bertz CT molecular complexity index is 1130. The number of nitrogens with zero attached hydrogens (tertiary/aromatic N) is 2. The van der Waals surface area contributed by atoms with Crippen molar-refractivity contribution in [1.29, 1.82) is 0 Å². The number of nitro benzene ring substituents is 2. The fourth-order valence-electron chi connectivity index (χ4n) is 2.15. The van der Waals surface area contributed by atoms with Gasteiger partial charge in [-0.25, -0.2) is 17.9 Å². The van der Waals surface area contributed by atoms with Crippen LogP contribution in [0.1, 0.15) is 0 Å². The molecule has 0 unspecified atom stereocenters. The van der Waals surface area contributed by atoms with Crippen LogP contribution in [0.3, 0.4) is 0 Å². The molecule has 2 amide bonds. The predicted octanol–water partition coefficient (Wildman–Crippen LogP) is 1.57. The highest BCUT2D eigenvalue weighted by atomic mass is 32.2. The van der Waals surface area contributed by atoms with Crippen molar-refractivity contribution >= 4 is 39.1 Å². The number of hydrogen-bond donors (Lipinski definition) is 2. The Morgan fingerprint density at radius 3 is 2.23 bits per heavy atom. The number of ether oxygens (including phenoxy) is 2. The van der Waals surface area contributed by atoms with E-state index in [4.69, 9.17) is 4.74 Å². The van der Waals surface area contributed by atoms with Crippen LogP contribution >= 0.6 is 0 Å². The van der Waals surface area contributed by atoms with Crippen LogP contribution in [0, 0.1) is 20.2 Å². The summed E-state index contributed by atoms with van der Waals surface area (Å²) in [6.45, 7) is -0.664. The Kier molecular flexibility index (Phi) is 7.04. The SMILES string of the molecule is COC(=O)NS(=O)(=O)c1ccc(NC(=O)COc2ccc([N+](=O)[O-])cc2[N+](=O)[O-])cc1. The van der Waals surface area contributed by atoms with Gasteiger partial charge in [0.2, 0.25) is 0 Å². The smallest absolute Gasteiger partial charge is 0.420 e. The number of carbonyl (C=O) groups excluding carboxylic acids is 2. The topological polar surface area (TPSA) is 197 Å². The number of carbonyl (C=O) groups is 2. The van der Waals surface area contributed by atoms with E-state index in [1.807, 2.05) is 0 Å². The average molecular weight is 454 g/mol. The first kappa shape index (κ1) is 23.0. The second kappa shape index (κ2) is 9.49. The molecule has 15 heteroatoms. The molecule has 14 nitrogen and oxygen atoms in total. The van der Waals surface area contributed by atoms with Gasteiger partial charge < -0.3 is 14.8 Å². The number of rotatable bonds is 8. The lowest BCUT2D eigenvalue weighted by atomic mass is 10.2. The minimum Gasteiger partial charge on any atom is -0.477 e. The van der Waals surface area contributed by atoms with Gasteiger partial charge in [-0.3, -0.25) is 25.0 Å². The maximum absolute atomic E-state index is 12.0. The van der Waals surface area contributed by atoms with Crippen LogP contribution in [0.25, 0.3) is 0 Å². The first-order valence-electron chi connectivity index (χ1n) is 8.10. The molecule has 0 saturated heterocycles. The molecule has 0 atom stereocenters. The first-order chi connectivity index (χ1) is 14.5. The van der Waals surface area contributed by atoms with Crippen LogP contribution in [0.4, 0.5) is 21.9 Å². The van der Waals surface area contributed by atoms with Crippen molar-refractivity contribution in [2.45, 2.75) is 4.90 Å². The van der Waals surface area contributed by atoms with Gasteiger partial charge in [-0.2, -0.15) is 0 Å². The number of nitrogens with one attached hydrogen (secondary N) is 2. The van der Waals surface area contributed by atoms with E-state index >= 15 is 0 Å². The lowest BCUT2D eigenvalue weighted by Crippen LogP contribution is -2.30. The fourth-order valence-corrected chi connectivity index (χ4v) is 3.07. The Labute approximate surface area is 174 Å². The Morgan fingerprint density at radius 1 is 1.03 bits per heavy atom. The first-order valence-corrected chi connectivity index (χ1v) is 9.58. The van der Waals surface area contributed by atoms with E-state index in [1.165, 1.54) is 12.1 Å². The van der Waals surface area contributed by atoms with E-state index in [9.17, 15) is 38.2 Å². The second-order valence-corrected chi connectivity index (χ2v) is 7.31. The molecule has 31 heavy (non-hydrogen) atoms. The summed E-state index contributed by atoms with van der Waals surface area (Å²) in [5, 5.41) is 24.1. The average Bonchev–Trinajstić information content (AvgIpc) is 2.71. The summed E-state index contributed by atoms with van der Waals surface area (Å²) in [4.78, 5) is 42.9. The van der Waals surface area contributed by atoms with Crippen molar-refractivity contribution in [3.8, 4) is 5.75 Å². The summed E-state index contributed by atoms with van der Waals surface area (Å²) in [5.41, 5.74) is -1.03. The lowest BCUT2D eigenvalue weighted by molar-refractivity contribution is -0.394. The van der Waals surface area contributed by atoms with Crippen molar-refractivity contribution in [2.75, 3.05) is 19.0 Å². The number of benzene rings is 2. The van der Waals surface area contributed by atoms with Crippen LogP contribution in [-0.2, 0) is 19.6 Å². The molecule has 0 fully saturated rings. The van der Waals surface area contributed by atoms with E-state index in [0.717, 1.165) is 31.4 Å². The van der Waals surface area contributed by atoms with E-state index in [2.05, 4.69) is 10.1 Å². The van der Waals surface area contributed by atoms with E-state index in [-0.39, 0.29) is 16.3 Å². The Balaban J connectivity index is 2.03. The van der Waals surface area contributed by atoms with E-state index in [1.54, 1.807) is 4.72 Å². The molecular formula is C16H14N4O10S. The van der Waals surface area contributed by atoms with Crippen LogP contribution in [0.2, 0.25) is 0 Å². The third-order valence-electron chi connectivity index (χ3n) is 3.56. The van der Waals surface area contributed by atoms with Crippen molar-refractivity contribution < 1.29 is 37.3 Å². The largest absolute Gasteiger partial charge is 0.477 e. The molecular weight excluding hydrogens is 440 g/mol. The van der Waals surface area contributed by atoms with E-state index < -0.39 is 49.9 Å². The van der Waals surface area contributed by atoms with Gasteiger partial charge in [-0.15, -0.1) is 0 Å². The summed E-state index contributed by atoms with van der Waals surface area (Å²) in [7, 11) is -3.16. The fraction of sp³-hybridized carbons (Fsp3) is 0.125. The third kappa shape index (κ3) is 6.10. The highest BCUT2D eigenvalue weighted by molar-refractivity contribution is 7.90. The van der Waals surface area contributed by atoms with Crippen LogP contribution < -0.4 is 14.8 Å². The zero-order valence-electron chi connectivity index (χ0n) is 15.6. The molecule has 0 aromatic heterocycles. The number of sulfonamides is 1. The standard InChI is InChI=1S/C16H14N4O10S/c1-29-16(22)18-31(27,28)12-5-2-10(3-6-12)17-15(21)9-30-14-7-4-11(19(23)24)8-13(14)20(25)26/h2-8H,9H2,1H3,(H,17,21)(H,18,22). The zero-order chi connectivity index (χ0) is 23.2. The molecule has 0 aliphatic heterocycles. The summed E-state index contributed by atoms with van der Waals surface area (Å²) < 4.78 is 34.8. The molecule has 0 radical (unpaired) electrons. The van der Waals surface area contributed by atoms with Crippen molar-refractivity contribution in [3.63, 3.8) is 0 Å². The summed E-state index contributed by atoms with van der Waals surface area (Å²) in [6, 6.07) is 7.38. The number of non-ortho nitro benzene ring substituents is 1. The Morgan fingerprint density at radius 2 is 1.68 bits per heavy atom. The van der Waals surface area contributed by atoms with Gasteiger partial charge in [-0.05, 0) is 30.3 Å². The maximum Gasteiger partial charge on any atom is 0.420 e. The molecule has 164 valence electrons. The molecule has 0 aliphatic carbocycles. The lowest BCUT2D eigenvalue weighted by Gasteiger charge is -2.09. The molecule has 2 rings (SSSR count). The summed E-state index contributed by atoms with van der Waals surface area (Å²) >= 11 is 0. The van der Waals surface area contributed by atoms with Crippen molar-refractivity contribution in [1.82, 2.24) is 4.72 Å². The van der Waals surface area contributed by atoms with Gasteiger partial charge in [-0.1, -0.05) is 0 Å². The quantitative estimate of drug-likeness (QED) is 0.436. The van der Waals surface area contributed by atoms with Gasteiger partial charge in [0.15, 0.2) is 12.4 Å². The summed E-state index contributed by atoms with van der Waals surface area (Å²) in [6.07, 6.45) is -1.17. The van der Waals surface area contributed by atoms with Gasteiger partial charge >= 0.3 is 11.8 Å². The third-order valence-corrected chi connectivity index (χ3v) is 4.89. The van der Waals surface area contributed by atoms with Gasteiger partial charge in [0.05, 0.1) is 27.9 Å². The molecule has 0 aliphatic rings. The molecule has 2 aromatic rings. The highest BCUT2D eigenvalue weighted by Crippen LogP contribution is 2.30. The molecule has 0 saturated carbocycles. The van der Waals surface area contributed by atoms with Gasteiger partial charge in [0.25, 0.3) is 21.6 Å². The number of methoxy groups -OCH3 is 1. The maximum atomic E-state index is 12.0. The van der Waals surface area contributed by atoms with Crippen LogP contribution in [0.15, 0.2) is 47.4 Å². The van der Waals surface area contributed by atoms with Crippen molar-refractivity contribution in [3.05, 3.63) is 62.7 Å². The monoisotopic (exact) mass is 454 g/mol. The predicted molar refractivity (Wildman–Crippen MR) is 103 cm³/mol. The molecule has 2 N–H and O–H groups in total. The van der Waals surface area contributed by atoms with Gasteiger partial charge in [0, 0.05) is 11.8 Å². The van der Waals surface area contributed by atoms with E-state index in [0.29, 0.717) is 6.07 Å². The van der Waals surface area contributed by atoms with Crippen LogP contribution in [-0.4, -0.2) is 44.0 Å². The van der Waals surface area contributed by atoms with Crippen LogP contribution in [0.5, 0.6) is 5.75 Å². The minimum absolute atomic E-state index is 0.170. The van der Waals surface area contributed by atoms with Gasteiger partial charge in [0.1, 0.15) is 0 Å². The highest BCUT2D eigenvalue weighted by Gasteiger charge is 2.21. The zero-order valence-corrected chi connectivity index (χ0v) is 16.5. The molecule has 0 bridgehead atoms. The number of hydrogen-bond acceptors (Lipinski definition) is 10. The normalized spacial score (nSPS) is 10.6. The molecule has 0 heterocycles. The number of nitro groups is 2. The van der Waals surface area contributed by atoms with Crippen molar-refractivity contribution in [2.24, 2.45) is 0 Å².